The van der Waals surface area contributed by atoms with Crippen molar-refractivity contribution < 1.29 is 17.9 Å². The first-order chi connectivity index (χ1) is 15.0. The van der Waals surface area contributed by atoms with Crippen molar-refractivity contribution in [3.8, 4) is 0 Å². The first-order valence-electron chi connectivity index (χ1n) is 10.1. The van der Waals surface area contributed by atoms with Crippen molar-refractivity contribution in [1.29, 1.82) is 0 Å². The van der Waals surface area contributed by atoms with Gasteiger partial charge in [-0.15, -0.1) is 0 Å². The molecule has 2 aliphatic rings. The fraction of sp³-hybridized carbons (Fsp3) is 0.450. The maximum absolute atomic E-state index is 12.7. The van der Waals surface area contributed by atoms with E-state index < -0.39 is 10.0 Å². The maximum Gasteiger partial charge on any atom is 0.244 e. The number of rotatable bonds is 6. The summed E-state index contributed by atoms with van der Waals surface area (Å²) in [4.78, 5) is 25.4. The lowest BCUT2D eigenvalue weighted by atomic mass is 10.3. The molecule has 0 atom stereocenters. The number of morpholine rings is 1. The van der Waals surface area contributed by atoms with Crippen molar-refractivity contribution in [2.75, 3.05) is 63.1 Å². The van der Waals surface area contributed by atoms with Crippen LogP contribution >= 0.6 is 11.8 Å². The van der Waals surface area contributed by atoms with E-state index in [1.165, 1.54) is 22.3 Å². The lowest BCUT2D eigenvalue weighted by Crippen LogP contribution is -2.49. The van der Waals surface area contributed by atoms with Crippen molar-refractivity contribution in [3.05, 3.63) is 42.7 Å². The largest absolute Gasteiger partial charge is 0.379 e. The Morgan fingerprint density at radius 1 is 1.00 bits per heavy atom. The van der Waals surface area contributed by atoms with Crippen LogP contribution in [-0.4, -0.2) is 91.7 Å². The molecule has 2 aromatic rings. The van der Waals surface area contributed by atoms with Gasteiger partial charge in [-0.05, 0) is 24.3 Å². The van der Waals surface area contributed by atoms with E-state index in [1.54, 1.807) is 18.3 Å². The fourth-order valence-corrected chi connectivity index (χ4v) is 5.59. The third kappa shape index (κ3) is 5.35. The molecule has 4 heterocycles. The Balaban J connectivity index is 1.27. The van der Waals surface area contributed by atoms with Crippen LogP contribution in [0.15, 0.2) is 52.6 Å². The van der Waals surface area contributed by atoms with Crippen molar-refractivity contribution in [1.82, 2.24) is 19.2 Å². The molecule has 11 heteroatoms. The molecule has 0 saturated carbocycles. The molecule has 0 bridgehead atoms. The molecule has 0 N–H and O–H groups in total. The molecule has 0 radical (unpaired) electrons. The Morgan fingerprint density at radius 2 is 1.77 bits per heavy atom. The lowest BCUT2D eigenvalue weighted by Gasteiger charge is -2.35. The summed E-state index contributed by atoms with van der Waals surface area (Å²) in [6, 6.07) is 9.03. The van der Waals surface area contributed by atoms with Gasteiger partial charge in [-0.3, -0.25) is 4.79 Å². The number of ether oxygens (including phenoxy) is 1. The number of sulfonamides is 1. The smallest absolute Gasteiger partial charge is 0.244 e. The maximum atomic E-state index is 12.7. The Hall–Kier alpha value is -2.21. The second kappa shape index (κ2) is 9.94. The normalized spacial score (nSPS) is 18.2. The molecule has 2 saturated heterocycles. The summed E-state index contributed by atoms with van der Waals surface area (Å²) in [5.74, 6) is 1.25. The van der Waals surface area contributed by atoms with E-state index in [4.69, 9.17) is 4.74 Å². The predicted molar refractivity (Wildman–Crippen MR) is 118 cm³/mol. The zero-order chi connectivity index (χ0) is 21.7. The zero-order valence-corrected chi connectivity index (χ0v) is 18.7. The molecule has 0 unspecified atom stereocenters. The molecule has 166 valence electrons. The third-order valence-electron chi connectivity index (χ3n) is 5.27. The number of nitrogens with zero attached hydrogens (tertiary/aromatic N) is 5. The lowest BCUT2D eigenvalue weighted by molar-refractivity contribution is -0.128. The molecule has 31 heavy (non-hydrogen) atoms. The number of hydrogen-bond donors (Lipinski definition) is 0. The van der Waals surface area contributed by atoms with Crippen LogP contribution in [0.3, 0.4) is 0 Å². The van der Waals surface area contributed by atoms with Gasteiger partial charge in [-0.2, -0.15) is 4.31 Å². The van der Waals surface area contributed by atoms with Gasteiger partial charge in [0.15, 0.2) is 0 Å². The highest BCUT2D eigenvalue weighted by atomic mass is 32.2. The van der Waals surface area contributed by atoms with Crippen LogP contribution in [0.25, 0.3) is 0 Å². The first-order valence-corrected chi connectivity index (χ1v) is 12.6. The standard InChI is InChI=1S/C20H25N5O4S2/c26-20(24-9-7-23(8-10-24)18-3-1-2-6-21-18)16-30-19-5-4-17(15-22-19)31(27,28)25-11-13-29-14-12-25/h1-6,15H,7-14,16H2. The van der Waals surface area contributed by atoms with Crippen molar-refractivity contribution in [2.45, 2.75) is 9.92 Å². The minimum absolute atomic E-state index is 0.0532. The van der Waals surface area contributed by atoms with Crippen molar-refractivity contribution >= 4 is 33.5 Å². The number of aromatic nitrogens is 2. The van der Waals surface area contributed by atoms with Crippen molar-refractivity contribution in [3.63, 3.8) is 0 Å². The van der Waals surface area contributed by atoms with Crippen LogP contribution in [0.2, 0.25) is 0 Å². The molecule has 0 aliphatic carbocycles. The van der Waals surface area contributed by atoms with Gasteiger partial charge < -0.3 is 14.5 Å². The number of piperazine rings is 1. The second-order valence-corrected chi connectivity index (χ2v) is 10.1. The minimum atomic E-state index is -3.56. The summed E-state index contributed by atoms with van der Waals surface area (Å²) in [7, 11) is -3.56. The number of amides is 1. The first kappa shape index (κ1) is 22.0. The quantitative estimate of drug-likeness (QED) is 0.584. The number of pyridine rings is 2. The number of thioether (sulfide) groups is 1. The van der Waals surface area contributed by atoms with Gasteiger partial charge in [0.1, 0.15) is 10.7 Å². The highest BCUT2D eigenvalue weighted by Gasteiger charge is 2.27. The van der Waals surface area contributed by atoms with Gasteiger partial charge in [0.05, 0.1) is 24.0 Å². The molecule has 2 fully saturated rings. The fourth-order valence-electron chi connectivity index (χ4n) is 3.49. The van der Waals surface area contributed by atoms with E-state index in [2.05, 4.69) is 14.9 Å². The molecule has 4 rings (SSSR count). The molecule has 1 amide bonds. The highest BCUT2D eigenvalue weighted by molar-refractivity contribution is 7.99. The van der Waals surface area contributed by atoms with Gasteiger partial charge in [0.2, 0.25) is 15.9 Å². The van der Waals surface area contributed by atoms with Gasteiger partial charge in [0.25, 0.3) is 0 Å². The second-order valence-electron chi connectivity index (χ2n) is 7.19. The highest BCUT2D eigenvalue weighted by Crippen LogP contribution is 2.21. The van der Waals surface area contributed by atoms with E-state index in [1.807, 2.05) is 23.1 Å². The molecular weight excluding hydrogens is 438 g/mol. The van der Waals surface area contributed by atoms with Crippen LogP contribution in [0.5, 0.6) is 0 Å². The van der Waals surface area contributed by atoms with Gasteiger partial charge >= 0.3 is 0 Å². The van der Waals surface area contributed by atoms with Crippen LogP contribution in [-0.2, 0) is 19.6 Å². The topological polar surface area (TPSA) is 95.9 Å². The number of anilines is 1. The number of hydrogen-bond acceptors (Lipinski definition) is 8. The van der Waals surface area contributed by atoms with Gasteiger partial charge in [0, 0.05) is 51.7 Å². The van der Waals surface area contributed by atoms with Gasteiger partial charge in [-0.25, -0.2) is 18.4 Å². The Labute approximate surface area is 186 Å². The average Bonchev–Trinajstić information content (AvgIpc) is 2.84. The Kier molecular flexibility index (Phi) is 7.06. The summed E-state index contributed by atoms with van der Waals surface area (Å²) in [5.41, 5.74) is 0. The monoisotopic (exact) mass is 463 g/mol. The van der Waals surface area contributed by atoms with E-state index >= 15 is 0 Å². The molecule has 2 aromatic heterocycles. The Bertz CT molecular complexity index is 974. The Morgan fingerprint density at radius 3 is 2.42 bits per heavy atom. The van der Waals surface area contributed by atoms with E-state index in [0.29, 0.717) is 44.4 Å². The number of carbonyl (C=O) groups is 1. The summed E-state index contributed by atoms with van der Waals surface area (Å²) >= 11 is 1.32. The molecule has 2 aliphatic heterocycles. The summed E-state index contributed by atoms with van der Waals surface area (Å²) in [5, 5.41) is 0.626. The van der Waals surface area contributed by atoms with Crippen LogP contribution in [0.1, 0.15) is 0 Å². The predicted octanol–water partition coefficient (Wildman–Crippen LogP) is 0.938. The number of carbonyl (C=O) groups excluding carboxylic acids is 1. The minimum Gasteiger partial charge on any atom is -0.379 e. The van der Waals surface area contributed by atoms with Gasteiger partial charge in [-0.1, -0.05) is 17.8 Å². The van der Waals surface area contributed by atoms with Crippen LogP contribution in [0, 0.1) is 0 Å². The average molecular weight is 464 g/mol. The molecule has 0 spiro atoms. The molecule has 9 nitrogen and oxygen atoms in total. The van der Waals surface area contributed by atoms with Crippen LogP contribution in [0.4, 0.5) is 5.82 Å². The summed E-state index contributed by atoms with van der Waals surface area (Å²) in [6.07, 6.45) is 3.14. The summed E-state index contributed by atoms with van der Waals surface area (Å²) < 4.78 is 31.9. The molecular formula is C20H25N5O4S2. The summed E-state index contributed by atoms with van der Waals surface area (Å²) in [6.45, 7) is 4.30. The van der Waals surface area contributed by atoms with E-state index in [-0.39, 0.29) is 16.6 Å². The SMILES string of the molecule is O=C(CSc1ccc(S(=O)(=O)N2CCOCC2)cn1)N1CCN(c2ccccn2)CC1. The van der Waals surface area contributed by atoms with Crippen LogP contribution < -0.4 is 4.90 Å². The van der Waals surface area contributed by atoms with E-state index in [0.717, 1.165) is 18.9 Å². The zero-order valence-electron chi connectivity index (χ0n) is 17.1. The third-order valence-corrected chi connectivity index (χ3v) is 8.08. The van der Waals surface area contributed by atoms with Crippen molar-refractivity contribution in [2.24, 2.45) is 0 Å². The molecule has 0 aromatic carbocycles. The van der Waals surface area contributed by atoms with E-state index in [9.17, 15) is 13.2 Å².